The minimum Gasteiger partial charge on any atom is -0.433 e. The molecule has 1 fully saturated rings. The van der Waals surface area contributed by atoms with Gasteiger partial charge in [0.2, 0.25) is 10.0 Å². The fourth-order valence-corrected chi connectivity index (χ4v) is 2.96. The first kappa shape index (κ1) is 20.4. The van der Waals surface area contributed by atoms with Crippen molar-refractivity contribution in [2.24, 2.45) is 0 Å². The van der Waals surface area contributed by atoms with Crippen LogP contribution in [0, 0.1) is 0 Å². The summed E-state index contributed by atoms with van der Waals surface area (Å²) < 4.78 is 3.13. The SMILES string of the molecule is O=C(NC1CCCCC1)NC(OC(=O)c1ccc(Cl)cc1)C(Cl)(Cl)Cl. The zero-order valence-electron chi connectivity index (χ0n) is 13.2. The number of halogens is 4. The molecule has 0 aromatic heterocycles. The second-order valence-electron chi connectivity index (χ2n) is 5.79. The van der Waals surface area contributed by atoms with Crippen molar-refractivity contribution in [2.45, 2.75) is 48.2 Å². The molecule has 1 saturated carbocycles. The van der Waals surface area contributed by atoms with Crippen LogP contribution in [0.5, 0.6) is 0 Å². The van der Waals surface area contributed by atoms with Crippen LogP contribution < -0.4 is 10.6 Å². The Balaban J connectivity index is 1.97. The zero-order chi connectivity index (χ0) is 18.4. The molecule has 1 aliphatic carbocycles. The number of esters is 1. The summed E-state index contributed by atoms with van der Waals surface area (Å²) in [5, 5.41) is 5.68. The third-order valence-electron chi connectivity index (χ3n) is 3.80. The Kier molecular flexibility index (Phi) is 7.50. The van der Waals surface area contributed by atoms with Crippen LogP contribution in [0.4, 0.5) is 4.79 Å². The third kappa shape index (κ3) is 6.74. The third-order valence-corrected chi connectivity index (χ3v) is 4.65. The fourth-order valence-electron chi connectivity index (χ4n) is 2.53. The Morgan fingerprint density at radius 1 is 1.08 bits per heavy atom. The molecule has 0 spiro atoms. The molecule has 1 aliphatic rings. The molecule has 0 bridgehead atoms. The van der Waals surface area contributed by atoms with Crippen molar-refractivity contribution in [2.75, 3.05) is 0 Å². The minimum absolute atomic E-state index is 0.0664. The van der Waals surface area contributed by atoms with E-state index in [1.54, 1.807) is 0 Å². The van der Waals surface area contributed by atoms with E-state index in [-0.39, 0.29) is 11.6 Å². The quantitative estimate of drug-likeness (QED) is 0.411. The minimum atomic E-state index is -2.02. The normalized spacial score (nSPS) is 16.8. The number of carbonyl (C=O) groups is 2. The van der Waals surface area contributed by atoms with Gasteiger partial charge in [0.1, 0.15) is 0 Å². The molecule has 1 atom stereocenters. The lowest BCUT2D eigenvalue weighted by atomic mass is 9.96. The molecule has 5 nitrogen and oxygen atoms in total. The average Bonchev–Trinajstić information content (AvgIpc) is 2.54. The highest BCUT2D eigenvalue weighted by molar-refractivity contribution is 6.68. The summed E-state index contributed by atoms with van der Waals surface area (Å²) in [7, 11) is 0. The molecule has 138 valence electrons. The number of rotatable bonds is 4. The Hall–Kier alpha value is -0.880. The molecular weight excluding hydrogens is 410 g/mol. The van der Waals surface area contributed by atoms with E-state index in [0.717, 1.165) is 32.1 Å². The molecule has 9 heteroatoms. The van der Waals surface area contributed by atoms with Crippen LogP contribution in [0.3, 0.4) is 0 Å². The molecule has 2 N–H and O–H groups in total. The van der Waals surface area contributed by atoms with E-state index in [4.69, 9.17) is 51.1 Å². The van der Waals surface area contributed by atoms with Crippen molar-refractivity contribution >= 4 is 58.4 Å². The molecule has 2 amide bonds. The number of amides is 2. The largest absolute Gasteiger partial charge is 0.433 e. The summed E-state index contributed by atoms with van der Waals surface area (Å²) in [4.78, 5) is 24.3. The van der Waals surface area contributed by atoms with E-state index in [9.17, 15) is 9.59 Å². The van der Waals surface area contributed by atoms with Gasteiger partial charge < -0.3 is 10.1 Å². The van der Waals surface area contributed by atoms with Gasteiger partial charge in [0.05, 0.1) is 5.56 Å². The molecule has 2 rings (SSSR count). The van der Waals surface area contributed by atoms with Gasteiger partial charge in [0.15, 0.2) is 0 Å². The summed E-state index contributed by atoms with van der Waals surface area (Å²) in [6.07, 6.45) is 3.64. The number of ether oxygens (including phenoxy) is 1. The first-order valence-corrected chi connectivity index (χ1v) is 9.37. The maximum absolute atomic E-state index is 12.2. The second kappa shape index (κ2) is 9.17. The van der Waals surface area contributed by atoms with Crippen LogP contribution in [0.2, 0.25) is 5.02 Å². The predicted octanol–water partition coefficient (Wildman–Crippen LogP) is 4.83. The molecule has 1 aromatic carbocycles. The number of carbonyl (C=O) groups excluding carboxylic acids is 2. The van der Waals surface area contributed by atoms with Gasteiger partial charge in [0, 0.05) is 11.1 Å². The van der Waals surface area contributed by atoms with Crippen molar-refractivity contribution in [1.82, 2.24) is 10.6 Å². The molecule has 0 heterocycles. The monoisotopic (exact) mass is 426 g/mol. The summed E-state index contributed by atoms with van der Waals surface area (Å²) in [6.45, 7) is 0. The lowest BCUT2D eigenvalue weighted by Gasteiger charge is -2.28. The van der Waals surface area contributed by atoms with Gasteiger partial charge in [-0.2, -0.15) is 0 Å². The van der Waals surface area contributed by atoms with Crippen LogP contribution in [0.15, 0.2) is 24.3 Å². The van der Waals surface area contributed by atoms with Crippen LogP contribution in [-0.4, -0.2) is 28.1 Å². The van der Waals surface area contributed by atoms with Crippen molar-refractivity contribution < 1.29 is 14.3 Å². The van der Waals surface area contributed by atoms with Gasteiger partial charge in [-0.05, 0) is 37.1 Å². The van der Waals surface area contributed by atoms with Gasteiger partial charge in [-0.1, -0.05) is 65.7 Å². The predicted molar refractivity (Wildman–Crippen MR) is 99.5 cm³/mol. The van der Waals surface area contributed by atoms with Crippen LogP contribution in [0.25, 0.3) is 0 Å². The Morgan fingerprint density at radius 3 is 2.24 bits per heavy atom. The number of benzene rings is 1. The van der Waals surface area contributed by atoms with Crippen molar-refractivity contribution in [1.29, 1.82) is 0 Å². The molecule has 1 unspecified atom stereocenters. The highest BCUT2D eigenvalue weighted by Crippen LogP contribution is 2.31. The molecule has 25 heavy (non-hydrogen) atoms. The summed E-state index contributed by atoms with van der Waals surface area (Å²) in [5.74, 6) is -0.744. The molecule has 1 aromatic rings. The summed E-state index contributed by atoms with van der Waals surface area (Å²) >= 11 is 23.3. The first-order valence-electron chi connectivity index (χ1n) is 7.86. The fraction of sp³-hybridized carbons (Fsp3) is 0.500. The second-order valence-corrected chi connectivity index (χ2v) is 8.59. The number of urea groups is 1. The van der Waals surface area contributed by atoms with Crippen molar-refractivity contribution in [3.05, 3.63) is 34.9 Å². The highest BCUT2D eigenvalue weighted by Gasteiger charge is 2.38. The Bertz CT molecular complexity index is 598. The molecular formula is C16H18Cl4N2O3. The lowest BCUT2D eigenvalue weighted by Crippen LogP contribution is -2.52. The van der Waals surface area contributed by atoms with E-state index < -0.39 is 22.0 Å². The summed E-state index contributed by atoms with van der Waals surface area (Å²) in [5.41, 5.74) is 0.220. The number of alkyl halides is 3. The van der Waals surface area contributed by atoms with Gasteiger partial charge in [0.25, 0.3) is 0 Å². The molecule has 0 radical (unpaired) electrons. The van der Waals surface area contributed by atoms with Crippen molar-refractivity contribution in [3.8, 4) is 0 Å². The lowest BCUT2D eigenvalue weighted by molar-refractivity contribution is 0.0255. The smallest absolute Gasteiger partial charge is 0.340 e. The Morgan fingerprint density at radius 2 is 1.68 bits per heavy atom. The number of hydrogen-bond acceptors (Lipinski definition) is 3. The van der Waals surface area contributed by atoms with Gasteiger partial charge in [-0.3, -0.25) is 5.32 Å². The Labute approximate surface area is 166 Å². The average molecular weight is 428 g/mol. The van der Waals surface area contributed by atoms with Gasteiger partial charge in [-0.25, -0.2) is 9.59 Å². The topological polar surface area (TPSA) is 67.4 Å². The highest BCUT2D eigenvalue weighted by atomic mass is 35.6. The number of hydrogen-bond donors (Lipinski definition) is 2. The van der Waals surface area contributed by atoms with E-state index in [1.807, 2.05) is 0 Å². The van der Waals surface area contributed by atoms with E-state index in [0.29, 0.717) is 5.02 Å². The zero-order valence-corrected chi connectivity index (χ0v) is 16.3. The van der Waals surface area contributed by atoms with E-state index >= 15 is 0 Å². The van der Waals surface area contributed by atoms with Crippen LogP contribution in [0.1, 0.15) is 42.5 Å². The summed E-state index contributed by atoms with van der Waals surface area (Å²) in [6, 6.07) is 5.53. The first-order chi connectivity index (χ1) is 11.8. The van der Waals surface area contributed by atoms with Crippen LogP contribution in [-0.2, 0) is 4.74 Å². The maximum Gasteiger partial charge on any atom is 0.340 e. The van der Waals surface area contributed by atoms with Crippen molar-refractivity contribution in [3.63, 3.8) is 0 Å². The van der Waals surface area contributed by atoms with Gasteiger partial charge >= 0.3 is 12.0 Å². The molecule has 0 saturated heterocycles. The van der Waals surface area contributed by atoms with E-state index in [1.165, 1.54) is 24.3 Å². The van der Waals surface area contributed by atoms with Gasteiger partial charge in [-0.15, -0.1) is 0 Å². The van der Waals surface area contributed by atoms with Crippen LogP contribution >= 0.6 is 46.4 Å². The van der Waals surface area contributed by atoms with E-state index in [2.05, 4.69) is 10.6 Å². The maximum atomic E-state index is 12.2. The number of nitrogens with one attached hydrogen (secondary N) is 2. The molecule has 0 aliphatic heterocycles. The standard InChI is InChI=1S/C16H18Cl4N2O3/c17-11-8-6-10(7-9-11)13(23)25-14(16(18,19)20)22-15(24)21-12-4-2-1-3-5-12/h6-9,12,14H,1-5H2,(H2,21,22,24).